The summed E-state index contributed by atoms with van der Waals surface area (Å²) in [5.41, 5.74) is 1.65. The molecule has 0 unspecified atom stereocenters. The van der Waals surface area contributed by atoms with Gasteiger partial charge < -0.3 is 14.8 Å². The first-order valence-corrected chi connectivity index (χ1v) is 9.66. The Kier molecular flexibility index (Phi) is 5.93. The molecule has 0 radical (unpaired) electrons. The lowest BCUT2D eigenvalue weighted by atomic mass is 10.1. The summed E-state index contributed by atoms with van der Waals surface area (Å²) < 4.78 is 12.3. The Labute approximate surface area is 167 Å². The van der Waals surface area contributed by atoms with Crippen LogP contribution in [0, 0.1) is 19.8 Å². The van der Waals surface area contributed by atoms with Crippen LogP contribution in [0.5, 0.6) is 11.5 Å². The van der Waals surface area contributed by atoms with Gasteiger partial charge in [0.15, 0.2) is 16.6 Å². The number of amides is 1. The van der Waals surface area contributed by atoms with Crippen molar-refractivity contribution in [1.29, 1.82) is 0 Å². The monoisotopic (exact) mass is 401 g/mol. The molecular formula is C19H23N5O3S. The Balaban J connectivity index is 1.68. The highest BCUT2D eigenvalue weighted by molar-refractivity contribution is 7.14. The zero-order valence-electron chi connectivity index (χ0n) is 16.5. The predicted molar refractivity (Wildman–Crippen MR) is 108 cm³/mol. The van der Waals surface area contributed by atoms with Crippen LogP contribution in [-0.4, -0.2) is 39.9 Å². The third-order valence-corrected chi connectivity index (χ3v) is 5.03. The summed E-state index contributed by atoms with van der Waals surface area (Å²) in [6, 6.07) is 5.59. The van der Waals surface area contributed by atoms with Crippen molar-refractivity contribution in [2.45, 2.75) is 27.3 Å². The van der Waals surface area contributed by atoms with E-state index in [1.165, 1.54) is 11.3 Å². The molecule has 1 amide bonds. The van der Waals surface area contributed by atoms with Gasteiger partial charge >= 0.3 is 0 Å². The number of aryl methyl sites for hydroxylation is 2. The van der Waals surface area contributed by atoms with Crippen LogP contribution in [0.15, 0.2) is 23.6 Å². The van der Waals surface area contributed by atoms with Crippen LogP contribution in [0.3, 0.4) is 0 Å². The summed E-state index contributed by atoms with van der Waals surface area (Å²) in [7, 11) is 3.19. The van der Waals surface area contributed by atoms with Gasteiger partial charge in [-0.3, -0.25) is 4.79 Å². The standard InChI is InChI=1S/C19H23N5O3S/c1-11(9-24-13(3)20-12(2)23-24)18(25)22-19-21-15(10-28-19)14-6-7-16(26-4)17(8-14)27-5/h6-8,10-11H,9H2,1-5H3,(H,21,22,25)/t11-/m0/s1. The lowest BCUT2D eigenvalue weighted by Gasteiger charge is -2.11. The van der Waals surface area contributed by atoms with E-state index in [0.29, 0.717) is 29.0 Å². The molecule has 0 aliphatic heterocycles. The third kappa shape index (κ3) is 4.30. The Bertz CT molecular complexity index is 982. The van der Waals surface area contributed by atoms with Gasteiger partial charge in [-0.25, -0.2) is 14.6 Å². The Hall–Kier alpha value is -2.94. The predicted octanol–water partition coefficient (Wildman–Crippen LogP) is 3.31. The number of nitrogens with zero attached hydrogens (tertiary/aromatic N) is 4. The van der Waals surface area contributed by atoms with Crippen LogP contribution in [0.2, 0.25) is 0 Å². The van der Waals surface area contributed by atoms with Crippen molar-refractivity contribution in [3.05, 3.63) is 35.2 Å². The van der Waals surface area contributed by atoms with Crippen molar-refractivity contribution in [2.75, 3.05) is 19.5 Å². The first kappa shape index (κ1) is 19.8. The van der Waals surface area contributed by atoms with Gasteiger partial charge in [-0.2, -0.15) is 5.10 Å². The van der Waals surface area contributed by atoms with Crippen LogP contribution in [0.4, 0.5) is 5.13 Å². The Morgan fingerprint density at radius 2 is 1.96 bits per heavy atom. The van der Waals surface area contributed by atoms with Gasteiger partial charge in [0.05, 0.1) is 32.4 Å². The first-order valence-electron chi connectivity index (χ1n) is 8.78. The molecule has 2 aromatic heterocycles. The molecule has 3 aromatic rings. The van der Waals surface area contributed by atoms with Gasteiger partial charge in [0.1, 0.15) is 11.6 Å². The molecule has 2 heterocycles. The number of benzene rings is 1. The average molecular weight is 401 g/mol. The number of thiazole rings is 1. The maximum atomic E-state index is 12.5. The maximum absolute atomic E-state index is 12.5. The quantitative estimate of drug-likeness (QED) is 0.653. The van der Waals surface area contributed by atoms with Crippen molar-refractivity contribution in [2.24, 2.45) is 5.92 Å². The largest absolute Gasteiger partial charge is 0.493 e. The number of ether oxygens (including phenoxy) is 2. The van der Waals surface area contributed by atoms with Crippen LogP contribution < -0.4 is 14.8 Å². The molecule has 0 saturated heterocycles. The van der Waals surface area contributed by atoms with Gasteiger partial charge in [-0.15, -0.1) is 11.3 Å². The minimum Gasteiger partial charge on any atom is -0.493 e. The number of anilines is 1. The molecular weight excluding hydrogens is 378 g/mol. The summed E-state index contributed by atoms with van der Waals surface area (Å²) in [4.78, 5) is 21.3. The molecule has 3 rings (SSSR count). The van der Waals surface area contributed by atoms with E-state index in [1.807, 2.05) is 44.4 Å². The van der Waals surface area contributed by atoms with Crippen LogP contribution in [0.25, 0.3) is 11.3 Å². The number of nitrogens with one attached hydrogen (secondary N) is 1. The molecule has 0 aliphatic carbocycles. The highest BCUT2D eigenvalue weighted by Gasteiger charge is 2.18. The summed E-state index contributed by atoms with van der Waals surface area (Å²) in [5, 5.41) is 9.63. The van der Waals surface area contributed by atoms with Gasteiger partial charge in [-0.1, -0.05) is 6.92 Å². The topological polar surface area (TPSA) is 91.2 Å². The van der Waals surface area contributed by atoms with Crippen LogP contribution >= 0.6 is 11.3 Å². The van der Waals surface area contributed by atoms with Crippen LogP contribution in [0.1, 0.15) is 18.6 Å². The van der Waals surface area contributed by atoms with Gasteiger partial charge in [0.25, 0.3) is 0 Å². The normalized spacial score (nSPS) is 11.9. The van der Waals surface area contributed by atoms with E-state index in [4.69, 9.17) is 9.47 Å². The fraction of sp³-hybridized carbons (Fsp3) is 0.368. The van der Waals surface area contributed by atoms with Crippen molar-refractivity contribution in [3.63, 3.8) is 0 Å². The lowest BCUT2D eigenvalue weighted by Crippen LogP contribution is -2.25. The van der Waals surface area contributed by atoms with E-state index >= 15 is 0 Å². The van der Waals surface area contributed by atoms with E-state index < -0.39 is 0 Å². The smallest absolute Gasteiger partial charge is 0.230 e. The van der Waals surface area contributed by atoms with E-state index in [2.05, 4.69) is 20.4 Å². The SMILES string of the molecule is COc1ccc(-c2csc(NC(=O)[C@@H](C)Cn3nc(C)nc3C)n2)cc1OC. The minimum atomic E-state index is -0.270. The molecule has 9 heteroatoms. The maximum Gasteiger partial charge on any atom is 0.230 e. The Morgan fingerprint density at radius 1 is 1.21 bits per heavy atom. The minimum absolute atomic E-state index is 0.110. The van der Waals surface area contributed by atoms with Gasteiger partial charge in [-0.05, 0) is 32.0 Å². The van der Waals surface area contributed by atoms with Crippen molar-refractivity contribution in [1.82, 2.24) is 19.7 Å². The highest BCUT2D eigenvalue weighted by Crippen LogP contribution is 2.33. The second kappa shape index (κ2) is 8.39. The number of rotatable bonds is 7. The first-order chi connectivity index (χ1) is 13.4. The van der Waals surface area contributed by atoms with E-state index in [1.54, 1.807) is 18.9 Å². The zero-order chi connectivity index (χ0) is 20.3. The summed E-state index contributed by atoms with van der Waals surface area (Å²) in [6.45, 7) is 6.03. The second-order valence-corrected chi connectivity index (χ2v) is 7.24. The number of hydrogen-bond donors (Lipinski definition) is 1. The summed E-state index contributed by atoms with van der Waals surface area (Å²) in [6.07, 6.45) is 0. The Morgan fingerprint density at radius 3 is 2.61 bits per heavy atom. The highest BCUT2D eigenvalue weighted by atomic mass is 32.1. The molecule has 28 heavy (non-hydrogen) atoms. The molecule has 0 aliphatic rings. The number of aromatic nitrogens is 4. The molecule has 0 saturated carbocycles. The molecule has 1 aromatic carbocycles. The van der Waals surface area contributed by atoms with Crippen LogP contribution in [-0.2, 0) is 11.3 Å². The van der Waals surface area contributed by atoms with E-state index in [0.717, 1.165) is 17.1 Å². The molecule has 148 valence electrons. The molecule has 0 spiro atoms. The molecule has 0 bridgehead atoms. The fourth-order valence-corrected chi connectivity index (χ4v) is 3.49. The molecule has 1 atom stereocenters. The van der Waals surface area contributed by atoms with E-state index in [9.17, 15) is 4.79 Å². The van der Waals surface area contributed by atoms with Crippen molar-refractivity contribution < 1.29 is 14.3 Å². The number of hydrogen-bond acceptors (Lipinski definition) is 7. The third-order valence-electron chi connectivity index (χ3n) is 4.27. The van der Waals surface area contributed by atoms with Crippen molar-refractivity contribution in [3.8, 4) is 22.8 Å². The van der Waals surface area contributed by atoms with Gasteiger partial charge in [0, 0.05) is 10.9 Å². The number of carbonyl (C=O) groups excluding carboxylic acids is 1. The van der Waals surface area contributed by atoms with E-state index in [-0.39, 0.29) is 11.8 Å². The van der Waals surface area contributed by atoms with Crippen molar-refractivity contribution >= 4 is 22.4 Å². The number of carbonyl (C=O) groups is 1. The number of methoxy groups -OCH3 is 2. The lowest BCUT2D eigenvalue weighted by molar-refractivity contribution is -0.119. The molecule has 8 nitrogen and oxygen atoms in total. The van der Waals surface area contributed by atoms with Gasteiger partial charge in [0.2, 0.25) is 5.91 Å². The summed E-state index contributed by atoms with van der Waals surface area (Å²) >= 11 is 1.38. The summed E-state index contributed by atoms with van der Waals surface area (Å²) in [5.74, 6) is 2.40. The molecule has 1 N–H and O–H groups in total. The zero-order valence-corrected chi connectivity index (χ0v) is 17.3. The second-order valence-electron chi connectivity index (χ2n) is 6.39. The molecule has 0 fully saturated rings. The fourth-order valence-electron chi connectivity index (χ4n) is 2.76. The average Bonchev–Trinajstić information content (AvgIpc) is 3.27.